The van der Waals surface area contributed by atoms with Gasteiger partial charge in [-0.15, -0.1) is 0 Å². The molecule has 9 nitrogen and oxygen atoms in total. The summed E-state index contributed by atoms with van der Waals surface area (Å²) in [5.41, 5.74) is 1.02. The summed E-state index contributed by atoms with van der Waals surface area (Å²) < 4.78 is 69.8. The third-order valence-electron chi connectivity index (χ3n) is 5.28. The van der Waals surface area contributed by atoms with Gasteiger partial charge in [-0.1, -0.05) is 36.4 Å². The fourth-order valence-electron chi connectivity index (χ4n) is 3.43. The number of hydrogen-bond donors (Lipinski definition) is 3. The van der Waals surface area contributed by atoms with E-state index < -0.39 is 35.5 Å². The Hall–Kier alpha value is -2.61. The molecule has 6 N–H and O–H groups in total. The first-order valence-electron chi connectivity index (χ1n) is 9.03. The van der Waals surface area contributed by atoms with E-state index in [1.54, 1.807) is 36.4 Å². The van der Waals surface area contributed by atoms with Crippen LogP contribution in [-0.2, 0) is 35.5 Å². The number of hydrogen-bond acceptors (Lipinski definition) is 6. The molecule has 0 spiro atoms. The van der Waals surface area contributed by atoms with Crippen LogP contribution in [0.25, 0.3) is 0 Å². The minimum Gasteiger partial charge on any atom is -0.225 e. The van der Waals surface area contributed by atoms with Crippen molar-refractivity contribution in [1.82, 2.24) is 0 Å². The molecule has 0 radical (unpaired) electrons. The minimum atomic E-state index is -3.90. The van der Waals surface area contributed by atoms with Gasteiger partial charge in [0.1, 0.15) is 0 Å². The largest absolute Gasteiger partial charge is 0.238 e. The summed E-state index contributed by atoms with van der Waals surface area (Å²) in [4.78, 5) is -0.215. The molecular weight excluding hydrogens is 474 g/mol. The van der Waals surface area contributed by atoms with Crippen molar-refractivity contribution >= 4 is 30.1 Å². The van der Waals surface area contributed by atoms with E-state index >= 15 is 0 Å². The summed E-state index contributed by atoms with van der Waals surface area (Å²) in [6.07, 6.45) is 0. The van der Waals surface area contributed by atoms with Crippen LogP contribution < -0.4 is 15.4 Å². The minimum absolute atomic E-state index is 0.0715. The third-order valence-corrected chi connectivity index (χ3v) is 8.07. The number of rotatable bonds is 6. The van der Waals surface area contributed by atoms with Crippen molar-refractivity contribution in [3.63, 3.8) is 0 Å². The molecule has 0 saturated carbocycles. The van der Waals surface area contributed by atoms with Gasteiger partial charge in [0, 0.05) is 5.41 Å². The number of sulfonamides is 3. The van der Waals surface area contributed by atoms with Crippen LogP contribution in [0.5, 0.6) is 0 Å². The quantitative estimate of drug-likeness (QED) is 0.429. The van der Waals surface area contributed by atoms with Crippen LogP contribution in [0.3, 0.4) is 0 Å². The van der Waals surface area contributed by atoms with E-state index in [1.807, 2.05) is 6.92 Å². The Labute approximate surface area is 187 Å². The summed E-state index contributed by atoms with van der Waals surface area (Å²) in [6.45, 7) is 1.83. The standard InChI is InChI=1S/C20H21N3O6S3/c1-20(14-2-8-17(9-3-14)30(21,24)25,15-4-10-18(11-5-15)31(22,26)27)16-6-12-19(13-7-16)32(23,28)29/h2-13H,1H3,(H2,21,24,25)(H2,22,26,27)(H2,23,28,29). The molecular formula is C20H21N3O6S3. The van der Waals surface area contributed by atoms with Crippen molar-refractivity contribution in [2.24, 2.45) is 15.4 Å². The van der Waals surface area contributed by atoms with Gasteiger partial charge in [-0.05, 0) is 60.0 Å². The van der Waals surface area contributed by atoms with E-state index in [0.717, 1.165) is 0 Å². The molecule has 0 fully saturated rings. The molecule has 0 saturated heterocycles. The zero-order valence-electron chi connectivity index (χ0n) is 16.8. The first kappa shape index (κ1) is 24.0. The Morgan fingerprint density at radius 1 is 0.469 bits per heavy atom. The summed E-state index contributed by atoms with van der Waals surface area (Å²) in [5, 5.41) is 15.6. The smallest absolute Gasteiger partial charge is 0.225 e. The highest BCUT2D eigenvalue weighted by Gasteiger charge is 2.32. The van der Waals surface area contributed by atoms with Crippen LogP contribution in [0.2, 0.25) is 0 Å². The molecule has 0 unspecified atom stereocenters. The van der Waals surface area contributed by atoms with Gasteiger partial charge >= 0.3 is 0 Å². The highest BCUT2D eigenvalue weighted by atomic mass is 32.2. The van der Waals surface area contributed by atoms with E-state index in [1.165, 1.54) is 36.4 Å². The number of primary sulfonamides is 3. The average Bonchev–Trinajstić information content (AvgIpc) is 2.71. The summed E-state index contributed by atoms with van der Waals surface area (Å²) >= 11 is 0. The van der Waals surface area contributed by atoms with Crippen molar-refractivity contribution in [2.45, 2.75) is 27.0 Å². The highest BCUT2D eigenvalue weighted by molar-refractivity contribution is 7.89. The molecule has 0 aromatic heterocycles. The molecule has 0 bridgehead atoms. The molecule has 0 heterocycles. The van der Waals surface area contributed by atoms with E-state index in [4.69, 9.17) is 15.4 Å². The molecule has 0 aliphatic carbocycles. The van der Waals surface area contributed by atoms with E-state index in [2.05, 4.69) is 0 Å². The zero-order chi connectivity index (χ0) is 23.9. The maximum Gasteiger partial charge on any atom is 0.238 e. The molecule has 170 valence electrons. The summed E-state index contributed by atoms with van der Waals surface area (Å²) in [5.74, 6) is 0. The molecule has 12 heteroatoms. The number of nitrogens with two attached hydrogens (primary N) is 3. The second-order valence-electron chi connectivity index (χ2n) is 7.33. The molecule has 3 aromatic rings. The lowest BCUT2D eigenvalue weighted by Crippen LogP contribution is -2.26. The molecule has 0 aliphatic heterocycles. The summed E-state index contributed by atoms with van der Waals surface area (Å²) in [6, 6.07) is 17.7. The first-order valence-corrected chi connectivity index (χ1v) is 13.7. The predicted octanol–water partition coefficient (Wildman–Crippen LogP) is 0.983. The van der Waals surface area contributed by atoms with Crippen molar-refractivity contribution in [2.75, 3.05) is 0 Å². The van der Waals surface area contributed by atoms with E-state index in [-0.39, 0.29) is 14.7 Å². The lowest BCUT2D eigenvalue weighted by molar-refractivity contribution is 0.596. The molecule has 0 aliphatic rings. The maximum atomic E-state index is 11.6. The van der Waals surface area contributed by atoms with Crippen molar-refractivity contribution < 1.29 is 25.3 Å². The van der Waals surface area contributed by atoms with Gasteiger partial charge in [-0.3, -0.25) is 0 Å². The van der Waals surface area contributed by atoms with Gasteiger partial charge in [-0.25, -0.2) is 40.7 Å². The van der Waals surface area contributed by atoms with Crippen LogP contribution >= 0.6 is 0 Å². The van der Waals surface area contributed by atoms with Crippen LogP contribution in [0.4, 0.5) is 0 Å². The Balaban J connectivity index is 2.23. The van der Waals surface area contributed by atoms with Crippen LogP contribution in [0.15, 0.2) is 87.5 Å². The van der Waals surface area contributed by atoms with Gasteiger partial charge in [0.15, 0.2) is 0 Å². The Bertz CT molecular complexity index is 1280. The van der Waals surface area contributed by atoms with Gasteiger partial charge in [0.2, 0.25) is 30.1 Å². The average molecular weight is 496 g/mol. The fraction of sp³-hybridized carbons (Fsp3) is 0.100. The molecule has 0 atom stereocenters. The lowest BCUT2D eigenvalue weighted by Gasteiger charge is -2.32. The lowest BCUT2D eigenvalue weighted by atomic mass is 9.71. The SMILES string of the molecule is CC(c1ccc(S(N)(=O)=O)cc1)(c1ccc(S(N)(=O)=O)cc1)c1ccc(S(N)(=O)=O)cc1. The van der Waals surface area contributed by atoms with Gasteiger partial charge in [0.05, 0.1) is 14.7 Å². The monoisotopic (exact) mass is 495 g/mol. The van der Waals surface area contributed by atoms with Crippen molar-refractivity contribution in [3.05, 3.63) is 89.5 Å². The van der Waals surface area contributed by atoms with Gasteiger partial charge < -0.3 is 0 Å². The Kier molecular flexibility index (Phi) is 6.06. The second-order valence-corrected chi connectivity index (χ2v) is 12.0. The van der Waals surface area contributed by atoms with Crippen LogP contribution in [-0.4, -0.2) is 25.3 Å². The van der Waals surface area contributed by atoms with E-state index in [0.29, 0.717) is 16.7 Å². The van der Waals surface area contributed by atoms with Crippen LogP contribution in [0.1, 0.15) is 23.6 Å². The topological polar surface area (TPSA) is 180 Å². The zero-order valence-corrected chi connectivity index (χ0v) is 19.3. The predicted molar refractivity (Wildman–Crippen MR) is 119 cm³/mol. The number of benzene rings is 3. The molecule has 0 amide bonds. The van der Waals surface area contributed by atoms with Crippen molar-refractivity contribution in [3.8, 4) is 0 Å². The second kappa shape index (κ2) is 8.06. The normalized spacial score (nSPS) is 13.1. The van der Waals surface area contributed by atoms with Gasteiger partial charge in [-0.2, -0.15) is 0 Å². The van der Waals surface area contributed by atoms with Crippen LogP contribution in [0, 0.1) is 0 Å². The maximum absolute atomic E-state index is 11.6. The van der Waals surface area contributed by atoms with Gasteiger partial charge in [0.25, 0.3) is 0 Å². The summed E-state index contributed by atoms with van der Waals surface area (Å²) in [7, 11) is -11.7. The van der Waals surface area contributed by atoms with E-state index in [9.17, 15) is 25.3 Å². The highest BCUT2D eigenvalue weighted by Crippen LogP contribution is 2.39. The fourth-order valence-corrected chi connectivity index (χ4v) is 4.98. The first-order chi connectivity index (χ1) is 14.6. The Morgan fingerprint density at radius 2 is 0.656 bits per heavy atom. The Morgan fingerprint density at radius 3 is 0.812 bits per heavy atom. The third kappa shape index (κ3) is 4.75. The van der Waals surface area contributed by atoms with Crippen molar-refractivity contribution in [1.29, 1.82) is 0 Å². The molecule has 32 heavy (non-hydrogen) atoms. The molecule has 3 aromatic carbocycles. The molecule has 3 rings (SSSR count).